The van der Waals surface area contributed by atoms with Gasteiger partial charge in [-0.1, -0.05) is 44.2 Å². The van der Waals surface area contributed by atoms with Crippen molar-refractivity contribution in [1.82, 2.24) is 15.0 Å². The largest absolute Gasteiger partial charge is 0.480 e. The Morgan fingerprint density at radius 3 is 2.46 bits per heavy atom. The van der Waals surface area contributed by atoms with Gasteiger partial charge in [0.1, 0.15) is 0 Å². The number of hydrogen-bond donors (Lipinski definition) is 2. The Kier molecular flexibility index (Phi) is 6.20. The second-order valence-electron chi connectivity index (χ2n) is 6.39. The van der Waals surface area contributed by atoms with Crippen LogP contribution in [0.15, 0.2) is 47.5 Å². The van der Waals surface area contributed by atoms with E-state index in [0.717, 1.165) is 16.3 Å². The van der Waals surface area contributed by atoms with Crippen LogP contribution in [0.25, 0.3) is 0 Å². The zero-order valence-electron chi connectivity index (χ0n) is 16.0. The maximum absolute atomic E-state index is 6.01. The van der Waals surface area contributed by atoms with Crippen LogP contribution in [0.4, 0.5) is 11.8 Å². The SMILES string of the molecule is COc1nc(C(C)C)c(Oc2cnc(N)nc2N)cc1SCc1ccccc1. The van der Waals surface area contributed by atoms with E-state index < -0.39 is 0 Å². The van der Waals surface area contributed by atoms with E-state index in [1.54, 1.807) is 18.9 Å². The highest BCUT2D eigenvalue weighted by atomic mass is 32.2. The summed E-state index contributed by atoms with van der Waals surface area (Å²) in [7, 11) is 1.62. The third-order valence-corrected chi connectivity index (χ3v) is 5.03. The van der Waals surface area contributed by atoms with Gasteiger partial charge < -0.3 is 20.9 Å². The summed E-state index contributed by atoms with van der Waals surface area (Å²) in [6.45, 7) is 4.07. The Hall–Kier alpha value is -3.00. The van der Waals surface area contributed by atoms with Gasteiger partial charge in [0.05, 0.1) is 23.9 Å². The van der Waals surface area contributed by atoms with Crippen LogP contribution in [0.3, 0.4) is 0 Å². The zero-order chi connectivity index (χ0) is 20.1. The quantitative estimate of drug-likeness (QED) is 0.569. The highest BCUT2D eigenvalue weighted by Crippen LogP contribution is 2.39. The monoisotopic (exact) mass is 397 g/mol. The number of aromatic nitrogens is 3. The lowest BCUT2D eigenvalue weighted by Gasteiger charge is -2.17. The molecular formula is C20H23N5O2S. The maximum atomic E-state index is 6.01. The summed E-state index contributed by atoms with van der Waals surface area (Å²) < 4.78 is 11.5. The van der Waals surface area contributed by atoms with Crippen molar-refractivity contribution in [3.8, 4) is 17.4 Å². The lowest BCUT2D eigenvalue weighted by atomic mass is 10.1. The first kappa shape index (κ1) is 19.8. The van der Waals surface area contributed by atoms with Crippen molar-refractivity contribution in [2.24, 2.45) is 0 Å². The van der Waals surface area contributed by atoms with Crippen molar-refractivity contribution in [3.05, 3.63) is 53.9 Å². The second-order valence-corrected chi connectivity index (χ2v) is 7.41. The molecular weight excluding hydrogens is 374 g/mol. The van der Waals surface area contributed by atoms with Gasteiger partial charge >= 0.3 is 0 Å². The van der Waals surface area contributed by atoms with E-state index in [1.807, 2.05) is 38.1 Å². The van der Waals surface area contributed by atoms with E-state index in [0.29, 0.717) is 17.4 Å². The molecule has 2 aromatic heterocycles. The molecule has 4 N–H and O–H groups in total. The van der Waals surface area contributed by atoms with Crippen molar-refractivity contribution < 1.29 is 9.47 Å². The Morgan fingerprint density at radius 1 is 1.07 bits per heavy atom. The predicted octanol–water partition coefficient (Wildman–Crippen LogP) is 4.25. The number of hydrogen-bond acceptors (Lipinski definition) is 8. The Bertz CT molecular complexity index is 951. The van der Waals surface area contributed by atoms with Gasteiger partial charge in [0.15, 0.2) is 17.3 Å². The number of ether oxygens (including phenoxy) is 2. The van der Waals surface area contributed by atoms with Crippen molar-refractivity contribution in [2.75, 3.05) is 18.6 Å². The average Bonchev–Trinajstić information content (AvgIpc) is 2.69. The third-order valence-electron chi connectivity index (χ3n) is 3.95. The predicted molar refractivity (Wildman–Crippen MR) is 112 cm³/mol. The van der Waals surface area contributed by atoms with E-state index in [2.05, 4.69) is 27.1 Å². The normalized spacial score (nSPS) is 10.9. The van der Waals surface area contributed by atoms with Crippen molar-refractivity contribution >= 4 is 23.5 Å². The smallest absolute Gasteiger partial charge is 0.227 e. The Labute approximate surface area is 168 Å². The molecule has 3 rings (SSSR count). The molecule has 0 spiro atoms. The molecule has 0 saturated heterocycles. The molecule has 3 aromatic rings. The number of methoxy groups -OCH3 is 1. The van der Waals surface area contributed by atoms with E-state index in [4.69, 9.17) is 20.9 Å². The minimum atomic E-state index is 0.0981. The summed E-state index contributed by atoms with van der Waals surface area (Å²) in [6.07, 6.45) is 1.46. The van der Waals surface area contributed by atoms with Crippen LogP contribution >= 0.6 is 11.8 Å². The molecule has 0 bridgehead atoms. The van der Waals surface area contributed by atoms with E-state index >= 15 is 0 Å². The molecule has 0 aliphatic rings. The lowest BCUT2D eigenvalue weighted by Crippen LogP contribution is -2.05. The van der Waals surface area contributed by atoms with Crippen LogP contribution in [-0.4, -0.2) is 22.1 Å². The lowest BCUT2D eigenvalue weighted by molar-refractivity contribution is 0.379. The average molecular weight is 398 g/mol. The van der Waals surface area contributed by atoms with Gasteiger partial charge in [0.2, 0.25) is 11.8 Å². The van der Waals surface area contributed by atoms with Crippen molar-refractivity contribution in [2.45, 2.75) is 30.4 Å². The van der Waals surface area contributed by atoms with Crippen LogP contribution in [0.5, 0.6) is 17.4 Å². The van der Waals surface area contributed by atoms with Crippen molar-refractivity contribution in [1.29, 1.82) is 0 Å². The van der Waals surface area contributed by atoms with Crippen LogP contribution in [-0.2, 0) is 5.75 Å². The summed E-state index contributed by atoms with van der Waals surface area (Å²) in [6, 6.07) is 12.1. The van der Waals surface area contributed by atoms with Crippen LogP contribution in [0, 0.1) is 0 Å². The molecule has 0 unspecified atom stereocenters. The molecule has 0 atom stereocenters. The van der Waals surface area contributed by atoms with Crippen LogP contribution in [0.2, 0.25) is 0 Å². The standard InChI is InChI=1S/C20H23N5O2S/c1-12(2)17-14(27-15-10-23-20(22)25-18(15)21)9-16(19(24-17)26-3)28-11-13-7-5-4-6-8-13/h4-10,12H,11H2,1-3H3,(H4,21,22,23,25). The number of nitrogens with zero attached hydrogens (tertiary/aromatic N) is 3. The first-order chi connectivity index (χ1) is 13.5. The molecule has 1 aromatic carbocycles. The minimum absolute atomic E-state index is 0.0981. The molecule has 0 aliphatic heterocycles. The molecule has 7 nitrogen and oxygen atoms in total. The molecule has 146 valence electrons. The van der Waals surface area contributed by atoms with E-state index in [1.165, 1.54) is 11.8 Å². The summed E-state index contributed by atoms with van der Waals surface area (Å²) >= 11 is 1.63. The summed E-state index contributed by atoms with van der Waals surface area (Å²) in [5.74, 6) is 2.67. The maximum Gasteiger partial charge on any atom is 0.227 e. The van der Waals surface area contributed by atoms with Gasteiger partial charge in [0.25, 0.3) is 0 Å². The topological polar surface area (TPSA) is 109 Å². The molecule has 0 saturated carbocycles. The molecule has 8 heteroatoms. The van der Waals surface area contributed by atoms with Gasteiger partial charge in [-0.2, -0.15) is 4.98 Å². The molecule has 0 aliphatic carbocycles. The minimum Gasteiger partial charge on any atom is -0.480 e. The number of thioether (sulfide) groups is 1. The molecule has 0 amide bonds. The summed E-state index contributed by atoms with van der Waals surface area (Å²) in [5.41, 5.74) is 13.5. The third kappa shape index (κ3) is 4.64. The molecule has 2 heterocycles. The van der Waals surface area contributed by atoms with E-state index in [-0.39, 0.29) is 17.7 Å². The number of benzene rings is 1. The molecule has 0 radical (unpaired) electrons. The van der Waals surface area contributed by atoms with Gasteiger partial charge in [0, 0.05) is 11.8 Å². The Morgan fingerprint density at radius 2 is 1.82 bits per heavy atom. The summed E-state index contributed by atoms with van der Waals surface area (Å²) in [5, 5.41) is 0. The number of nitrogen functional groups attached to an aromatic ring is 2. The van der Waals surface area contributed by atoms with Gasteiger partial charge in [-0.3, -0.25) is 0 Å². The molecule has 0 fully saturated rings. The Balaban J connectivity index is 1.94. The van der Waals surface area contributed by atoms with Crippen LogP contribution < -0.4 is 20.9 Å². The van der Waals surface area contributed by atoms with Gasteiger partial charge in [-0.25, -0.2) is 9.97 Å². The number of anilines is 2. The van der Waals surface area contributed by atoms with Crippen molar-refractivity contribution in [3.63, 3.8) is 0 Å². The van der Waals surface area contributed by atoms with E-state index in [9.17, 15) is 0 Å². The van der Waals surface area contributed by atoms with Crippen LogP contribution in [0.1, 0.15) is 31.0 Å². The fourth-order valence-corrected chi connectivity index (χ4v) is 3.51. The van der Waals surface area contributed by atoms with Gasteiger partial charge in [-0.15, -0.1) is 11.8 Å². The fourth-order valence-electron chi connectivity index (χ4n) is 2.55. The second kappa shape index (κ2) is 8.79. The number of rotatable bonds is 7. The first-order valence-electron chi connectivity index (χ1n) is 8.79. The fraction of sp³-hybridized carbons (Fsp3) is 0.250. The first-order valence-corrected chi connectivity index (χ1v) is 9.78. The highest BCUT2D eigenvalue weighted by molar-refractivity contribution is 7.98. The summed E-state index contributed by atoms with van der Waals surface area (Å²) in [4.78, 5) is 13.4. The highest BCUT2D eigenvalue weighted by Gasteiger charge is 2.18. The van der Waals surface area contributed by atoms with Gasteiger partial charge in [-0.05, 0) is 11.5 Å². The number of pyridine rings is 1. The number of nitrogens with two attached hydrogens (primary N) is 2. The molecule has 28 heavy (non-hydrogen) atoms. The zero-order valence-corrected chi connectivity index (χ0v) is 16.9.